The van der Waals surface area contributed by atoms with Gasteiger partial charge in [0.05, 0.1) is 5.56 Å². The van der Waals surface area contributed by atoms with Crippen molar-refractivity contribution in [1.29, 1.82) is 0 Å². The van der Waals surface area contributed by atoms with Crippen molar-refractivity contribution in [3.63, 3.8) is 0 Å². The van der Waals surface area contributed by atoms with Gasteiger partial charge in [0.25, 0.3) is 0 Å². The van der Waals surface area contributed by atoms with Crippen molar-refractivity contribution in [1.82, 2.24) is 4.90 Å². The summed E-state index contributed by atoms with van der Waals surface area (Å²) < 4.78 is 5.75. The van der Waals surface area contributed by atoms with Gasteiger partial charge in [-0.3, -0.25) is 4.90 Å². The first-order valence-electron chi connectivity index (χ1n) is 7.73. The quantitative estimate of drug-likeness (QED) is 0.790. The third-order valence-electron chi connectivity index (χ3n) is 4.82. The van der Waals surface area contributed by atoms with Gasteiger partial charge in [0, 0.05) is 19.5 Å². The van der Waals surface area contributed by atoms with E-state index in [1.165, 1.54) is 12.8 Å². The van der Waals surface area contributed by atoms with E-state index in [1.54, 1.807) is 0 Å². The Kier molecular flexibility index (Phi) is 3.15. The summed E-state index contributed by atoms with van der Waals surface area (Å²) in [5.74, 6) is 0.544. The molecule has 5 rings (SSSR count). The molecule has 2 aromatic carbocycles. The highest BCUT2D eigenvalue weighted by atomic mass is 16.6. The van der Waals surface area contributed by atoms with Crippen LogP contribution in [0.1, 0.15) is 29.6 Å². The molecule has 3 fully saturated rings. The Balaban J connectivity index is 1.53. The normalized spacial score (nSPS) is 27.7. The molecule has 2 aromatic rings. The number of nitrogens with zero attached hydrogens (tertiary/aromatic N) is 1. The van der Waals surface area contributed by atoms with Gasteiger partial charge in [0.15, 0.2) is 6.23 Å². The average Bonchev–Trinajstić information content (AvgIpc) is 2.55. The summed E-state index contributed by atoms with van der Waals surface area (Å²) in [4.78, 5) is 14.7. The maximum atomic E-state index is 12.4. The molecule has 108 valence electrons. The molecule has 3 heteroatoms. The largest absolute Gasteiger partial charge is 0.443 e. The molecule has 0 N–H and O–H groups in total. The van der Waals surface area contributed by atoms with Gasteiger partial charge in [-0.1, -0.05) is 30.3 Å². The van der Waals surface area contributed by atoms with E-state index in [4.69, 9.17) is 4.74 Å². The smallest absolute Gasteiger partial charge is 0.339 e. The summed E-state index contributed by atoms with van der Waals surface area (Å²) in [6, 6.07) is 13.8. The standard InChI is InChI=1S/C18H19NO2/c20-18(21-17-11-13-7-9-19(17)10-8-13)16-6-5-14-3-1-2-4-15(14)12-16/h1-6,12-13,17H,7-11H2/t17-/m1/s1. The van der Waals surface area contributed by atoms with Crippen molar-refractivity contribution in [2.24, 2.45) is 5.92 Å². The van der Waals surface area contributed by atoms with E-state index in [0.717, 1.165) is 36.2 Å². The van der Waals surface area contributed by atoms with E-state index in [1.807, 2.05) is 36.4 Å². The lowest BCUT2D eigenvalue weighted by molar-refractivity contribution is -0.0900. The van der Waals surface area contributed by atoms with Crippen molar-refractivity contribution in [3.05, 3.63) is 48.0 Å². The first kappa shape index (κ1) is 12.8. The van der Waals surface area contributed by atoms with Crippen LogP contribution in [0.25, 0.3) is 10.8 Å². The van der Waals surface area contributed by atoms with Crippen molar-refractivity contribution in [3.8, 4) is 0 Å². The lowest BCUT2D eigenvalue weighted by Crippen LogP contribution is -2.50. The van der Waals surface area contributed by atoms with Gasteiger partial charge in [-0.15, -0.1) is 0 Å². The van der Waals surface area contributed by atoms with Crippen LogP contribution in [-0.4, -0.2) is 30.2 Å². The number of piperidine rings is 3. The Bertz CT molecular complexity index is 674. The van der Waals surface area contributed by atoms with Crippen LogP contribution in [-0.2, 0) is 4.74 Å². The highest BCUT2D eigenvalue weighted by Gasteiger charge is 2.35. The topological polar surface area (TPSA) is 29.5 Å². The van der Waals surface area contributed by atoms with E-state index in [-0.39, 0.29) is 12.2 Å². The Morgan fingerprint density at radius 3 is 2.52 bits per heavy atom. The first-order valence-corrected chi connectivity index (χ1v) is 7.73. The molecule has 0 radical (unpaired) electrons. The van der Waals surface area contributed by atoms with Gasteiger partial charge in [0.1, 0.15) is 0 Å². The molecule has 0 aliphatic carbocycles. The number of hydrogen-bond acceptors (Lipinski definition) is 3. The number of benzene rings is 2. The van der Waals surface area contributed by atoms with E-state index in [9.17, 15) is 4.79 Å². The number of carbonyl (C=O) groups is 1. The Morgan fingerprint density at radius 2 is 1.81 bits per heavy atom. The zero-order valence-electron chi connectivity index (χ0n) is 12.0. The predicted octanol–water partition coefficient (Wildman–Crippen LogP) is 3.44. The molecule has 1 atom stereocenters. The van der Waals surface area contributed by atoms with Gasteiger partial charge in [-0.05, 0) is 41.7 Å². The second-order valence-electron chi connectivity index (χ2n) is 6.14. The summed E-state index contributed by atoms with van der Waals surface area (Å²) >= 11 is 0. The minimum Gasteiger partial charge on any atom is -0.443 e. The van der Waals surface area contributed by atoms with E-state index in [0.29, 0.717) is 5.56 Å². The third-order valence-corrected chi connectivity index (χ3v) is 4.82. The highest BCUT2D eigenvalue weighted by molar-refractivity contribution is 5.95. The second kappa shape index (κ2) is 5.15. The Morgan fingerprint density at radius 1 is 1.05 bits per heavy atom. The average molecular weight is 281 g/mol. The number of ether oxygens (including phenoxy) is 1. The minimum absolute atomic E-state index is 0.0172. The zero-order valence-corrected chi connectivity index (χ0v) is 12.0. The van der Waals surface area contributed by atoms with Gasteiger partial charge in [0.2, 0.25) is 0 Å². The van der Waals surface area contributed by atoms with Gasteiger partial charge < -0.3 is 4.74 Å². The van der Waals surface area contributed by atoms with Crippen LogP contribution >= 0.6 is 0 Å². The van der Waals surface area contributed by atoms with Gasteiger partial charge in [-0.2, -0.15) is 0 Å². The van der Waals surface area contributed by atoms with E-state index < -0.39 is 0 Å². The molecule has 0 spiro atoms. The predicted molar refractivity (Wildman–Crippen MR) is 82.1 cm³/mol. The molecule has 0 amide bonds. The van der Waals surface area contributed by atoms with Crippen LogP contribution in [0.3, 0.4) is 0 Å². The van der Waals surface area contributed by atoms with Crippen molar-refractivity contribution >= 4 is 16.7 Å². The number of carbonyl (C=O) groups excluding carboxylic acids is 1. The fraction of sp³-hybridized carbons (Fsp3) is 0.389. The van der Waals surface area contributed by atoms with Crippen molar-refractivity contribution in [2.45, 2.75) is 25.5 Å². The van der Waals surface area contributed by atoms with Crippen molar-refractivity contribution < 1.29 is 9.53 Å². The number of esters is 1. The van der Waals surface area contributed by atoms with Crippen LogP contribution in [0.5, 0.6) is 0 Å². The van der Waals surface area contributed by atoms with Crippen molar-refractivity contribution in [2.75, 3.05) is 13.1 Å². The molecule has 3 aliphatic rings. The molecule has 3 saturated heterocycles. The monoisotopic (exact) mass is 281 g/mol. The highest BCUT2D eigenvalue weighted by Crippen LogP contribution is 2.32. The summed E-state index contributed by atoms with van der Waals surface area (Å²) in [7, 11) is 0. The fourth-order valence-electron chi connectivity index (χ4n) is 3.54. The lowest BCUT2D eigenvalue weighted by atomic mass is 9.87. The molecule has 21 heavy (non-hydrogen) atoms. The van der Waals surface area contributed by atoms with Crippen LogP contribution in [0, 0.1) is 5.92 Å². The summed E-state index contributed by atoms with van der Waals surface area (Å²) in [6.07, 6.45) is 3.49. The molecule has 3 heterocycles. The lowest BCUT2D eigenvalue weighted by Gasteiger charge is -2.44. The molecular weight excluding hydrogens is 262 g/mol. The number of hydrogen-bond donors (Lipinski definition) is 0. The third kappa shape index (κ3) is 2.42. The van der Waals surface area contributed by atoms with Crippen LogP contribution < -0.4 is 0 Å². The van der Waals surface area contributed by atoms with Crippen LogP contribution in [0.15, 0.2) is 42.5 Å². The van der Waals surface area contributed by atoms with E-state index in [2.05, 4.69) is 11.0 Å². The molecule has 0 unspecified atom stereocenters. The molecule has 3 nitrogen and oxygen atoms in total. The van der Waals surface area contributed by atoms with Crippen LogP contribution in [0.2, 0.25) is 0 Å². The minimum atomic E-state index is -0.196. The first-order chi connectivity index (χ1) is 10.3. The zero-order chi connectivity index (χ0) is 14.2. The SMILES string of the molecule is O=C(O[C@@H]1CC2CCN1CC2)c1ccc2ccccc2c1. The second-order valence-corrected chi connectivity index (χ2v) is 6.14. The summed E-state index contributed by atoms with van der Waals surface area (Å²) in [6.45, 7) is 2.14. The maximum absolute atomic E-state index is 12.4. The summed E-state index contributed by atoms with van der Waals surface area (Å²) in [5.41, 5.74) is 0.649. The number of rotatable bonds is 2. The van der Waals surface area contributed by atoms with Crippen LogP contribution in [0.4, 0.5) is 0 Å². The van der Waals surface area contributed by atoms with Gasteiger partial charge in [-0.25, -0.2) is 4.79 Å². The molecular formula is C18H19NO2. The van der Waals surface area contributed by atoms with Gasteiger partial charge >= 0.3 is 5.97 Å². The molecule has 2 bridgehead atoms. The molecule has 3 aliphatic heterocycles. The Hall–Kier alpha value is -1.87. The Labute approximate surface area is 124 Å². The van der Waals surface area contributed by atoms with E-state index >= 15 is 0 Å². The summed E-state index contributed by atoms with van der Waals surface area (Å²) in [5, 5.41) is 2.23. The fourth-order valence-corrected chi connectivity index (χ4v) is 3.54. The molecule has 0 aromatic heterocycles. The molecule has 0 saturated carbocycles. The maximum Gasteiger partial charge on any atom is 0.339 e. The number of fused-ring (bicyclic) bond motifs is 4.